The van der Waals surface area contributed by atoms with Gasteiger partial charge in [0.2, 0.25) is 5.95 Å². The van der Waals surface area contributed by atoms with Crippen molar-refractivity contribution in [1.82, 2.24) is 9.55 Å². The van der Waals surface area contributed by atoms with E-state index in [1.54, 1.807) is 12.1 Å². The average molecular weight is 303 g/mol. The van der Waals surface area contributed by atoms with Gasteiger partial charge in [0.25, 0.3) is 0 Å². The molecule has 0 amide bonds. The maximum absolute atomic E-state index is 12.6. The summed E-state index contributed by atoms with van der Waals surface area (Å²) in [5, 5.41) is 0. The van der Waals surface area contributed by atoms with Crippen molar-refractivity contribution in [2.75, 3.05) is 20.0 Å². The van der Waals surface area contributed by atoms with Gasteiger partial charge in [-0.1, -0.05) is 0 Å². The first-order valence-electron chi connectivity index (χ1n) is 6.23. The van der Waals surface area contributed by atoms with Gasteiger partial charge in [0, 0.05) is 18.2 Å². The number of methoxy groups -OCH3 is 2. The summed E-state index contributed by atoms with van der Waals surface area (Å²) in [5.41, 5.74) is 6.69. The van der Waals surface area contributed by atoms with E-state index in [1.807, 2.05) is 0 Å². The number of rotatable bonds is 4. The fourth-order valence-corrected chi connectivity index (χ4v) is 2.33. The van der Waals surface area contributed by atoms with Crippen LogP contribution in [0.15, 0.2) is 12.1 Å². The zero-order valence-corrected chi connectivity index (χ0v) is 11.9. The third kappa shape index (κ3) is 2.98. The molecule has 0 saturated carbocycles. The first kappa shape index (κ1) is 15.3. The van der Waals surface area contributed by atoms with Crippen molar-refractivity contribution in [1.29, 1.82) is 0 Å². The predicted octanol–water partition coefficient (Wildman–Crippen LogP) is 3.15. The van der Waals surface area contributed by atoms with E-state index >= 15 is 0 Å². The highest BCUT2D eigenvalue weighted by molar-refractivity contribution is 5.82. The summed E-state index contributed by atoms with van der Waals surface area (Å²) in [6, 6.07) is 2.29. The van der Waals surface area contributed by atoms with Gasteiger partial charge >= 0.3 is 6.18 Å². The number of hydrogen-bond donors (Lipinski definition) is 1. The summed E-state index contributed by atoms with van der Waals surface area (Å²) in [7, 11) is 2.92. The van der Waals surface area contributed by atoms with Gasteiger partial charge in [-0.05, 0) is 6.92 Å². The largest absolute Gasteiger partial charge is 0.493 e. The van der Waals surface area contributed by atoms with Crippen LogP contribution in [0, 0.1) is 0 Å². The minimum absolute atomic E-state index is 0.0251. The van der Waals surface area contributed by atoms with Gasteiger partial charge in [0.05, 0.1) is 31.7 Å². The highest BCUT2D eigenvalue weighted by Crippen LogP contribution is 2.36. The minimum Gasteiger partial charge on any atom is -0.493 e. The van der Waals surface area contributed by atoms with Crippen LogP contribution in [0.3, 0.4) is 0 Å². The van der Waals surface area contributed by atoms with E-state index in [4.69, 9.17) is 15.2 Å². The number of aromatic nitrogens is 2. The molecule has 2 aromatic rings. The second-order valence-corrected chi connectivity index (χ2v) is 4.70. The maximum atomic E-state index is 12.6. The Morgan fingerprint density at radius 1 is 1.24 bits per heavy atom. The third-order valence-electron chi connectivity index (χ3n) is 3.19. The molecule has 8 heteroatoms. The molecule has 0 radical (unpaired) electrons. The van der Waals surface area contributed by atoms with Crippen LogP contribution >= 0.6 is 0 Å². The molecule has 0 aliphatic carbocycles. The van der Waals surface area contributed by atoms with E-state index in [0.717, 1.165) is 0 Å². The SMILES string of the molecule is COc1cc2nc(N)n(C(C)CC(F)(F)F)c2cc1OC. The third-order valence-corrected chi connectivity index (χ3v) is 3.19. The summed E-state index contributed by atoms with van der Waals surface area (Å²) in [6.45, 7) is 1.45. The molecule has 1 aromatic carbocycles. The molecule has 1 atom stereocenters. The van der Waals surface area contributed by atoms with Crippen LogP contribution in [0.4, 0.5) is 19.1 Å². The molecule has 0 saturated heterocycles. The van der Waals surface area contributed by atoms with Crippen molar-refractivity contribution in [3.63, 3.8) is 0 Å². The Morgan fingerprint density at radius 2 is 1.81 bits per heavy atom. The van der Waals surface area contributed by atoms with E-state index in [2.05, 4.69) is 4.98 Å². The molecule has 0 aliphatic rings. The number of imidazole rings is 1. The van der Waals surface area contributed by atoms with Gasteiger partial charge < -0.3 is 19.8 Å². The Bertz CT molecular complexity index is 652. The fourth-order valence-electron chi connectivity index (χ4n) is 2.33. The minimum atomic E-state index is -4.28. The molecule has 0 spiro atoms. The van der Waals surface area contributed by atoms with Crippen molar-refractivity contribution in [3.05, 3.63) is 12.1 Å². The van der Waals surface area contributed by atoms with Crippen molar-refractivity contribution in [3.8, 4) is 11.5 Å². The summed E-state index contributed by atoms with van der Waals surface area (Å²) < 4.78 is 49.4. The number of nitrogen functional groups attached to an aromatic ring is 1. The van der Waals surface area contributed by atoms with E-state index in [9.17, 15) is 13.2 Å². The van der Waals surface area contributed by atoms with Gasteiger partial charge in [-0.2, -0.15) is 13.2 Å². The van der Waals surface area contributed by atoms with Crippen molar-refractivity contribution >= 4 is 17.0 Å². The molecule has 1 aromatic heterocycles. The van der Waals surface area contributed by atoms with E-state index in [0.29, 0.717) is 22.5 Å². The lowest BCUT2D eigenvalue weighted by molar-refractivity contribution is -0.141. The lowest BCUT2D eigenvalue weighted by atomic mass is 10.2. The highest BCUT2D eigenvalue weighted by Gasteiger charge is 2.32. The standard InChI is InChI=1S/C13H16F3N3O2/c1-7(6-13(14,15)16)19-9-5-11(21-3)10(20-2)4-8(9)18-12(19)17/h4-5,7H,6H2,1-3H3,(H2,17,18). The quantitative estimate of drug-likeness (QED) is 0.942. The molecular formula is C13H16F3N3O2. The van der Waals surface area contributed by atoms with Crippen LogP contribution < -0.4 is 15.2 Å². The molecule has 0 aliphatic heterocycles. The Balaban J connectivity index is 2.56. The number of benzene rings is 1. The number of halogens is 3. The lowest BCUT2D eigenvalue weighted by Crippen LogP contribution is -2.17. The van der Waals surface area contributed by atoms with Gasteiger partial charge in [-0.25, -0.2) is 4.98 Å². The molecule has 5 nitrogen and oxygen atoms in total. The van der Waals surface area contributed by atoms with Crippen molar-refractivity contribution in [2.24, 2.45) is 0 Å². The molecule has 116 valence electrons. The fraction of sp³-hybridized carbons (Fsp3) is 0.462. The molecular weight excluding hydrogens is 287 g/mol. The first-order valence-corrected chi connectivity index (χ1v) is 6.23. The Hall–Kier alpha value is -2.12. The maximum Gasteiger partial charge on any atom is 0.391 e. The van der Waals surface area contributed by atoms with E-state index in [-0.39, 0.29) is 5.95 Å². The Morgan fingerprint density at radius 3 is 2.33 bits per heavy atom. The van der Waals surface area contributed by atoms with Crippen LogP contribution in [-0.2, 0) is 0 Å². The highest BCUT2D eigenvalue weighted by atomic mass is 19.4. The van der Waals surface area contributed by atoms with Crippen LogP contribution in [0.5, 0.6) is 11.5 Å². The normalized spacial score (nSPS) is 13.4. The van der Waals surface area contributed by atoms with Crippen LogP contribution in [-0.4, -0.2) is 29.9 Å². The molecule has 21 heavy (non-hydrogen) atoms. The summed E-state index contributed by atoms with van der Waals surface area (Å²) in [4.78, 5) is 4.09. The van der Waals surface area contributed by atoms with Crippen molar-refractivity contribution < 1.29 is 22.6 Å². The second kappa shape index (κ2) is 5.34. The van der Waals surface area contributed by atoms with Crippen LogP contribution in [0.25, 0.3) is 11.0 Å². The molecule has 2 N–H and O–H groups in total. The van der Waals surface area contributed by atoms with Crippen LogP contribution in [0.1, 0.15) is 19.4 Å². The first-order chi connectivity index (χ1) is 9.76. The zero-order chi connectivity index (χ0) is 15.8. The lowest BCUT2D eigenvalue weighted by Gasteiger charge is -2.18. The summed E-state index contributed by atoms with van der Waals surface area (Å²) in [5.74, 6) is 0.875. The molecule has 2 rings (SSSR count). The predicted molar refractivity (Wildman–Crippen MR) is 72.6 cm³/mol. The molecule has 0 bridgehead atoms. The number of ether oxygens (including phenoxy) is 2. The Kier molecular flexibility index (Phi) is 3.89. The van der Waals surface area contributed by atoms with Crippen molar-refractivity contribution in [2.45, 2.75) is 25.6 Å². The summed E-state index contributed by atoms with van der Waals surface area (Å²) >= 11 is 0. The topological polar surface area (TPSA) is 62.3 Å². The molecule has 0 fully saturated rings. The molecule has 1 heterocycles. The number of alkyl halides is 3. The van der Waals surface area contributed by atoms with Gasteiger partial charge in [0.1, 0.15) is 0 Å². The van der Waals surface area contributed by atoms with Gasteiger partial charge in [-0.15, -0.1) is 0 Å². The number of hydrogen-bond acceptors (Lipinski definition) is 4. The average Bonchev–Trinajstić information content (AvgIpc) is 2.69. The van der Waals surface area contributed by atoms with E-state index in [1.165, 1.54) is 25.7 Å². The number of nitrogens with zero attached hydrogens (tertiary/aromatic N) is 2. The number of fused-ring (bicyclic) bond motifs is 1. The Labute approximate surface area is 119 Å². The summed E-state index contributed by atoms with van der Waals surface area (Å²) in [6.07, 6.45) is -5.27. The number of nitrogens with two attached hydrogens (primary N) is 1. The van der Waals surface area contributed by atoms with Crippen LogP contribution in [0.2, 0.25) is 0 Å². The smallest absolute Gasteiger partial charge is 0.391 e. The molecule has 1 unspecified atom stereocenters. The van der Waals surface area contributed by atoms with Gasteiger partial charge in [0.15, 0.2) is 11.5 Å². The zero-order valence-electron chi connectivity index (χ0n) is 11.9. The number of anilines is 1. The second-order valence-electron chi connectivity index (χ2n) is 4.70. The monoisotopic (exact) mass is 303 g/mol. The van der Waals surface area contributed by atoms with Gasteiger partial charge in [-0.3, -0.25) is 0 Å². The van der Waals surface area contributed by atoms with E-state index < -0.39 is 18.6 Å².